The molecule has 0 bridgehead atoms. The minimum Gasteiger partial charge on any atom is -0.383 e. The number of hydrogen-bond donors (Lipinski definition) is 4. The Morgan fingerprint density at radius 3 is 2.06 bits per heavy atom. The number of fused-ring (bicyclic) bond motifs is 1. The van der Waals surface area contributed by atoms with Gasteiger partial charge in [-0.05, 0) is 65.9 Å². The number of piperidine rings is 1. The molecule has 1 saturated heterocycles. The second kappa shape index (κ2) is 15.8. The van der Waals surface area contributed by atoms with Crippen molar-refractivity contribution in [2.75, 3.05) is 69.6 Å². The molecule has 0 aliphatic carbocycles. The van der Waals surface area contributed by atoms with Gasteiger partial charge >= 0.3 is 15.5 Å². The van der Waals surface area contributed by atoms with Crippen LogP contribution in [0, 0.1) is 0 Å². The Bertz CT molecular complexity index is 1880. The van der Waals surface area contributed by atoms with Crippen molar-refractivity contribution in [3.05, 3.63) is 98.8 Å². The number of nitrogens with one attached hydrogen (secondary N) is 4. The van der Waals surface area contributed by atoms with E-state index < -0.39 is 15.5 Å². The number of aromatic nitrogens is 1. The number of rotatable bonds is 14. The summed E-state index contributed by atoms with van der Waals surface area (Å²) in [7, 11) is -2.18. The summed E-state index contributed by atoms with van der Waals surface area (Å²) in [6.07, 6.45) is 0.251. The molecule has 1 fully saturated rings. The van der Waals surface area contributed by atoms with Crippen molar-refractivity contribution in [3.8, 4) is 0 Å². The zero-order valence-electron chi connectivity index (χ0n) is 27.1. The van der Waals surface area contributed by atoms with E-state index in [9.17, 15) is 26.4 Å². The SMILES string of the molecule is COCCNc1ccc(C(c2ccc(Cl)cc2)c2cc(NCCOC)c3[nH]c(=O)cc(NC4CCN(S(=O)(=O)C(F)(F)F)CC4)c3c2)cc1. The van der Waals surface area contributed by atoms with Crippen LogP contribution in [0.5, 0.6) is 0 Å². The number of ether oxygens (including phenoxy) is 2. The standard InChI is InChI=1S/C34H39ClF3N5O5S/c1-47-17-13-39-26-9-5-23(6-10-26)32(22-3-7-25(35)8-4-22)24-19-28-29(21-31(44)42-33(28)30(20-24)40-14-18-48-2)41-27-11-15-43(16-12-27)49(45,46)34(36,37)38/h3-10,19-21,27,32,39-40H,11-18H2,1-2H3,(H2,41,42,44). The number of aromatic amines is 1. The van der Waals surface area contributed by atoms with Crippen molar-refractivity contribution in [3.63, 3.8) is 0 Å². The molecule has 0 radical (unpaired) electrons. The Morgan fingerprint density at radius 2 is 1.47 bits per heavy atom. The van der Waals surface area contributed by atoms with Gasteiger partial charge in [-0.2, -0.15) is 17.5 Å². The van der Waals surface area contributed by atoms with Crippen molar-refractivity contribution in [2.45, 2.75) is 30.3 Å². The monoisotopic (exact) mass is 721 g/mol. The molecule has 3 aromatic carbocycles. The number of H-pyrrole nitrogens is 1. The number of methoxy groups -OCH3 is 2. The van der Waals surface area contributed by atoms with E-state index in [-0.39, 0.29) is 43.5 Å². The minimum atomic E-state index is -5.42. The lowest BCUT2D eigenvalue weighted by Gasteiger charge is -2.32. The summed E-state index contributed by atoms with van der Waals surface area (Å²) in [5, 5.41) is 11.3. The molecule has 1 aliphatic rings. The summed E-state index contributed by atoms with van der Waals surface area (Å²) in [6.45, 7) is 1.48. The van der Waals surface area contributed by atoms with Gasteiger partial charge in [0.2, 0.25) is 0 Å². The maximum absolute atomic E-state index is 13.2. The topological polar surface area (TPSA) is 125 Å². The fourth-order valence-corrected chi connectivity index (χ4v) is 7.13. The Morgan fingerprint density at radius 1 is 0.878 bits per heavy atom. The molecule has 4 aromatic rings. The maximum Gasteiger partial charge on any atom is 0.511 e. The fourth-order valence-electron chi connectivity index (χ4n) is 6.02. The molecule has 1 unspecified atom stereocenters. The second-order valence-electron chi connectivity index (χ2n) is 11.8. The molecule has 1 atom stereocenters. The van der Waals surface area contributed by atoms with Gasteiger partial charge in [0.25, 0.3) is 5.56 Å². The molecule has 0 saturated carbocycles. The smallest absolute Gasteiger partial charge is 0.383 e. The first-order valence-corrected chi connectivity index (χ1v) is 17.6. The number of benzene rings is 3. The third-order valence-corrected chi connectivity index (χ3v) is 10.3. The summed E-state index contributed by atoms with van der Waals surface area (Å²) in [6, 6.07) is 20.7. The molecule has 1 aliphatic heterocycles. The zero-order valence-corrected chi connectivity index (χ0v) is 28.6. The number of hydrogen-bond acceptors (Lipinski definition) is 8. The average molecular weight is 722 g/mol. The highest BCUT2D eigenvalue weighted by molar-refractivity contribution is 7.90. The van der Waals surface area contributed by atoms with Crippen LogP contribution < -0.4 is 21.5 Å². The molecule has 10 nitrogen and oxygen atoms in total. The maximum atomic E-state index is 13.2. The quantitative estimate of drug-likeness (QED) is 0.0897. The van der Waals surface area contributed by atoms with Gasteiger partial charge in [0.1, 0.15) is 0 Å². The molecule has 5 rings (SSSR count). The Kier molecular flexibility index (Phi) is 11.8. The molecule has 49 heavy (non-hydrogen) atoms. The average Bonchev–Trinajstić information content (AvgIpc) is 3.07. The molecule has 15 heteroatoms. The van der Waals surface area contributed by atoms with Gasteiger partial charge in [-0.1, -0.05) is 35.9 Å². The van der Waals surface area contributed by atoms with Crippen LogP contribution in [0.15, 0.2) is 71.5 Å². The van der Waals surface area contributed by atoms with E-state index in [2.05, 4.69) is 20.9 Å². The van der Waals surface area contributed by atoms with Crippen LogP contribution in [-0.4, -0.2) is 82.9 Å². The summed E-state index contributed by atoms with van der Waals surface area (Å²) >= 11 is 6.27. The molecular weight excluding hydrogens is 683 g/mol. The predicted octanol–water partition coefficient (Wildman–Crippen LogP) is 6.20. The van der Waals surface area contributed by atoms with E-state index in [4.69, 9.17) is 21.1 Å². The summed E-state index contributed by atoms with van der Waals surface area (Å²) in [5.41, 5.74) is -0.235. The number of alkyl halides is 3. The highest BCUT2D eigenvalue weighted by Gasteiger charge is 2.50. The summed E-state index contributed by atoms with van der Waals surface area (Å²) < 4.78 is 74.3. The lowest BCUT2D eigenvalue weighted by Crippen LogP contribution is -2.47. The van der Waals surface area contributed by atoms with Crippen molar-refractivity contribution >= 4 is 49.6 Å². The number of sulfonamides is 1. The van der Waals surface area contributed by atoms with Gasteiger partial charge in [-0.3, -0.25) is 4.79 Å². The molecule has 264 valence electrons. The summed E-state index contributed by atoms with van der Waals surface area (Å²) in [4.78, 5) is 15.9. The second-order valence-corrected chi connectivity index (χ2v) is 14.1. The normalized spacial score (nSPS) is 15.3. The van der Waals surface area contributed by atoms with Crippen LogP contribution in [0.1, 0.15) is 35.4 Å². The largest absolute Gasteiger partial charge is 0.511 e. The first-order valence-electron chi connectivity index (χ1n) is 15.8. The summed E-state index contributed by atoms with van der Waals surface area (Å²) in [5.74, 6) is -0.256. The van der Waals surface area contributed by atoms with Crippen molar-refractivity contribution in [1.82, 2.24) is 9.29 Å². The van der Waals surface area contributed by atoms with E-state index in [0.29, 0.717) is 57.9 Å². The van der Waals surface area contributed by atoms with Gasteiger partial charge in [-0.25, -0.2) is 8.42 Å². The van der Waals surface area contributed by atoms with Crippen LogP contribution in [0.2, 0.25) is 5.02 Å². The fraction of sp³-hybridized carbons (Fsp3) is 0.382. The number of halogens is 4. The van der Waals surface area contributed by atoms with E-state index in [1.165, 1.54) is 6.07 Å². The molecule has 2 heterocycles. The van der Waals surface area contributed by atoms with Crippen LogP contribution >= 0.6 is 11.6 Å². The van der Waals surface area contributed by atoms with Gasteiger partial charge < -0.3 is 30.4 Å². The van der Waals surface area contributed by atoms with Crippen LogP contribution in [0.25, 0.3) is 10.9 Å². The van der Waals surface area contributed by atoms with Gasteiger partial charge in [0.15, 0.2) is 0 Å². The number of nitrogens with zero attached hydrogens (tertiary/aromatic N) is 1. The molecule has 4 N–H and O–H groups in total. The van der Waals surface area contributed by atoms with Crippen molar-refractivity contribution in [1.29, 1.82) is 0 Å². The van der Waals surface area contributed by atoms with E-state index in [1.54, 1.807) is 14.2 Å². The van der Waals surface area contributed by atoms with Gasteiger partial charge in [0, 0.05) is 80.2 Å². The minimum absolute atomic E-state index is 0.125. The highest BCUT2D eigenvalue weighted by atomic mass is 35.5. The third-order valence-electron chi connectivity index (χ3n) is 8.46. The Hall–Kier alpha value is -3.82. The van der Waals surface area contributed by atoms with Gasteiger partial charge in [0.05, 0.1) is 24.4 Å². The van der Waals surface area contributed by atoms with Crippen LogP contribution in [0.4, 0.5) is 30.2 Å². The van der Waals surface area contributed by atoms with E-state index in [0.717, 1.165) is 22.4 Å². The number of anilines is 3. The van der Waals surface area contributed by atoms with Gasteiger partial charge in [-0.15, -0.1) is 0 Å². The first kappa shape index (κ1) is 36.5. The van der Waals surface area contributed by atoms with Crippen LogP contribution in [-0.2, 0) is 19.5 Å². The number of pyridine rings is 1. The first-order chi connectivity index (χ1) is 23.4. The van der Waals surface area contributed by atoms with Crippen molar-refractivity contribution < 1.29 is 31.1 Å². The lowest BCUT2D eigenvalue weighted by atomic mass is 9.84. The van der Waals surface area contributed by atoms with E-state index >= 15 is 0 Å². The molecule has 1 aromatic heterocycles. The molecular formula is C34H39ClF3N5O5S. The van der Waals surface area contributed by atoms with E-state index in [1.807, 2.05) is 60.7 Å². The Balaban J connectivity index is 1.56. The third kappa shape index (κ3) is 8.68. The predicted molar refractivity (Wildman–Crippen MR) is 187 cm³/mol. The highest BCUT2D eigenvalue weighted by Crippen LogP contribution is 2.39. The zero-order chi connectivity index (χ0) is 35.2. The Labute approximate surface area is 288 Å². The van der Waals surface area contributed by atoms with Crippen LogP contribution in [0.3, 0.4) is 0 Å². The molecule has 0 spiro atoms. The lowest BCUT2D eigenvalue weighted by molar-refractivity contribution is -0.0494. The molecule has 0 amide bonds. The van der Waals surface area contributed by atoms with Crippen molar-refractivity contribution in [2.24, 2.45) is 0 Å².